The average Bonchev–Trinajstić information content (AvgIpc) is 2.44. The van der Waals surface area contributed by atoms with Crippen molar-refractivity contribution in [3.05, 3.63) is 34.9 Å². The van der Waals surface area contributed by atoms with E-state index in [9.17, 15) is 13.6 Å². The maximum absolute atomic E-state index is 13.9. The van der Waals surface area contributed by atoms with Gasteiger partial charge in [0.25, 0.3) is 0 Å². The molecular formula is C15H19F2NO. The van der Waals surface area contributed by atoms with Crippen molar-refractivity contribution in [1.82, 2.24) is 0 Å². The van der Waals surface area contributed by atoms with Gasteiger partial charge in [-0.25, -0.2) is 8.78 Å². The minimum absolute atomic E-state index is 0.0880. The van der Waals surface area contributed by atoms with Crippen LogP contribution in [0.25, 0.3) is 0 Å². The summed E-state index contributed by atoms with van der Waals surface area (Å²) in [6, 6.07) is 2.84. The first-order valence-electron chi connectivity index (χ1n) is 6.75. The van der Waals surface area contributed by atoms with E-state index >= 15 is 0 Å². The highest BCUT2D eigenvalue weighted by molar-refractivity contribution is 5.98. The van der Waals surface area contributed by atoms with Crippen LogP contribution in [0.4, 0.5) is 8.78 Å². The van der Waals surface area contributed by atoms with Crippen molar-refractivity contribution in [3.63, 3.8) is 0 Å². The van der Waals surface area contributed by atoms with E-state index in [2.05, 4.69) is 0 Å². The van der Waals surface area contributed by atoms with Crippen molar-refractivity contribution in [2.45, 2.75) is 32.6 Å². The summed E-state index contributed by atoms with van der Waals surface area (Å²) in [5.74, 6) is -2.43. The van der Waals surface area contributed by atoms with Crippen LogP contribution in [0.15, 0.2) is 12.1 Å². The Morgan fingerprint density at radius 1 is 1.26 bits per heavy atom. The number of hydrogen-bond acceptors (Lipinski definition) is 2. The first-order chi connectivity index (χ1) is 9.06. The Hall–Kier alpha value is -1.29. The van der Waals surface area contributed by atoms with E-state index in [4.69, 9.17) is 5.73 Å². The molecule has 2 rings (SSSR count). The van der Waals surface area contributed by atoms with Crippen molar-refractivity contribution in [2.24, 2.45) is 17.6 Å². The first kappa shape index (κ1) is 14.1. The molecule has 2 unspecified atom stereocenters. The van der Waals surface area contributed by atoms with Gasteiger partial charge in [0.05, 0.1) is 5.56 Å². The second-order valence-corrected chi connectivity index (χ2v) is 5.31. The monoisotopic (exact) mass is 267 g/mol. The minimum atomic E-state index is -1.02. The third kappa shape index (κ3) is 2.68. The number of benzene rings is 1. The molecule has 2 N–H and O–H groups in total. The molecule has 0 aromatic heterocycles. The smallest absolute Gasteiger partial charge is 0.169 e. The molecule has 1 aliphatic carbocycles. The molecule has 1 fully saturated rings. The van der Waals surface area contributed by atoms with Gasteiger partial charge in [-0.1, -0.05) is 18.9 Å². The molecule has 0 heterocycles. The quantitative estimate of drug-likeness (QED) is 0.854. The molecule has 1 aromatic rings. The molecule has 0 aliphatic heterocycles. The van der Waals surface area contributed by atoms with Crippen LogP contribution in [0.5, 0.6) is 0 Å². The number of carbonyl (C=O) groups excluding carboxylic acids is 1. The Labute approximate surface area is 112 Å². The topological polar surface area (TPSA) is 43.1 Å². The molecule has 2 nitrogen and oxygen atoms in total. The highest BCUT2D eigenvalue weighted by Crippen LogP contribution is 2.33. The Morgan fingerprint density at radius 3 is 2.63 bits per heavy atom. The van der Waals surface area contributed by atoms with Crippen LogP contribution in [0.1, 0.15) is 41.6 Å². The third-order valence-electron chi connectivity index (χ3n) is 4.09. The van der Waals surface area contributed by atoms with Gasteiger partial charge >= 0.3 is 0 Å². The van der Waals surface area contributed by atoms with E-state index < -0.39 is 11.6 Å². The zero-order valence-corrected chi connectivity index (χ0v) is 11.1. The van der Waals surface area contributed by atoms with Crippen molar-refractivity contribution in [2.75, 3.05) is 6.54 Å². The van der Waals surface area contributed by atoms with E-state index in [0.717, 1.165) is 25.7 Å². The van der Waals surface area contributed by atoms with Gasteiger partial charge in [0.15, 0.2) is 17.4 Å². The molecule has 0 spiro atoms. The van der Waals surface area contributed by atoms with Gasteiger partial charge in [-0.3, -0.25) is 4.79 Å². The van der Waals surface area contributed by atoms with Crippen LogP contribution in [0.2, 0.25) is 0 Å². The molecule has 1 aromatic carbocycles. The Morgan fingerprint density at radius 2 is 1.95 bits per heavy atom. The largest absolute Gasteiger partial charge is 0.330 e. The summed E-state index contributed by atoms with van der Waals surface area (Å²) in [5, 5.41) is 0. The first-order valence-corrected chi connectivity index (χ1v) is 6.75. The standard InChI is InChI=1S/C15H19F2NO/c1-9-6-7-12(14(17)13(9)16)15(19)11-5-3-2-4-10(11)8-18/h6-7,10-11H,2-5,8,18H2,1H3. The molecule has 0 bridgehead atoms. The zero-order chi connectivity index (χ0) is 14.0. The lowest BCUT2D eigenvalue weighted by Gasteiger charge is -2.29. The average molecular weight is 267 g/mol. The third-order valence-corrected chi connectivity index (χ3v) is 4.09. The fourth-order valence-electron chi connectivity index (χ4n) is 2.87. The van der Waals surface area contributed by atoms with Gasteiger partial charge in [0, 0.05) is 5.92 Å². The van der Waals surface area contributed by atoms with Gasteiger partial charge in [-0.2, -0.15) is 0 Å². The summed E-state index contributed by atoms with van der Waals surface area (Å²) in [4.78, 5) is 12.4. The molecule has 0 amide bonds. The zero-order valence-electron chi connectivity index (χ0n) is 11.1. The van der Waals surface area contributed by atoms with Crippen LogP contribution in [0, 0.1) is 30.4 Å². The number of rotatable bonds is 3. The fourth-order valence-corrected chi connectivity index (χ4v) is 2.87. The maximum Gasteiger partial charge on any atom is 0.169 e. The molecular weight excluding hydrogens is 248 g/mol. The Bertz CT molecular complexity index is 487. The summed E-state index contributed by atoms with van der Waals surface area (Å²) in [6.45, 7) is 1.91. The van der Waals surface area contributed by atoms with Crippen LogP contribution in [-0.4, -0.2) is 12.3 Å². The van der Waals surface area contributed by atoms with E-state index in [0.29, 0.717) is 6.54 Å². The lowest BCUT2D eigenvalue weighted by molar-refractivity contribution is 0.0824. The van der Waals surface area contributed by atoms with Crippen molar-refractivity contribution >= 4 is 5.78 Å². The van der Waals surface area contributed by atoms with E-state index in [-0.39, 0.29) is 28.7 Å². The second kappa shape index (κ2) is 5.78. The summed E-state index contributed by atoms with van der Waals surface area (Å²) in [5.41, 5.74) is 5.77. The van der Waals surface area contributed by atoms with Gasteiger partial charge in [-0.05, 0) is 43.9 Å². The number of ketones is 1. The van der Waals surface area contributed by atoms with E-state index in [1.807, 2.05) is 0 Å². The number of halogens is 2. The van der Waals surface area contributed by atoms with Crippen molar-refractivity contribution in [3.8, 4) is 0 Å². The molecule has 2 atom stereocenters. The SMILES string of the molecule is Cc1ccc(C(=O)C2CCCCC2CN)c(F)c1F. The lowest BCUT2D eigenvalue weighted by atomic mass is 9.75. The molecule has 0 saturated heterocycles. The lowest BCUT2D eigenvalue weighted by Crippen LogP contribution is -2.32. The summed E-state index contributed by atoms with van der Waals surface area (Å²) in [6.07, 6.45) is 3.61. The number of carbonyl (C=O) groups is 1. The maximum atomic E-state index is 13.9. The normalized spacial score (nSPS) is 23.4. The molecule has 104 valence electrons. The van der Waals surface area contributed by atoms with Crippen LogP contribution in [-0.2, 0) is 0 Å². The summed E-state index contributed by atoms with van der Waals surface area (Å²) < 4.78 is 27.4. The molecule has 0 radical (unpaired) electrons. The molecule has 1 saturated carbocycles. The fraction of sp³-hybridized carbons (Fsp3) is 0.533. The molecule has 1 aliphatic rings. The van der Waals surface area contributed by atoms with Crippen LogP contribution in [0.3, 0.4) is 0 Å². The van der Waals surface area contributed by atoms with Gasteiger partial charge in [0.1, 0.15) is 0 Å². The Balaban J connectivity index is 2.31. The number of Topliss-reactive ketones (excluding diaryl/α,β-unsaturated/α-hetero) is 1. The van der Waals surface area contributed by atoms with Gasteiger partial charge in [0.2, 0.25) is 0 Å². The molecule has 4 heteroatoms. The molecule has 19 heavy (non-hydrogen) atoms. The summed E-state index contributed by atoms with van der Waals surface area (Å²) >= 11 is 0. The van der Waals surface area contributed by atoms with E-state index in [1.165, 1.54) is 19.1 Å². The van der Waals surface area contributed by atoms with E-state index in [1.54, 1.807) is 0 Å². The van der Waals surface area contributed by atoms with Crippen LogP contribution < -0.4 is 5.73 Å². The Kier molecular flexibility index (Phi) is 4.30. The predicted molar refractivity (Wildman–Crippen MR) is 69.9 cm³/mol. The van der Waals surface area contributed by atoms with Crippen LogP contribution >= 0.6 is 0 Å². The second-order valence-electron chi connectivity index (χ2n) is 5.31. The van der Waals surface area contributed by atoms with Gasteiger partial charge in [-0.15, -0.1) is 0 Å². The van der Waals surface area contributed by atoms with Crippen molar-refractivity contribution in [1.29, 1.82) is 0 Å². The minimum Gasteiger partial charge on any atom is -0.330 e. The number of hydrogen-bond donors (Lipinski definition) is 1. The highest BCUT2D eigenvalue weighted by Gasteiger charge is 2.32. The number of aryl methyl sites for hydroxylation is 1. The summed E-state index contributed by atoms with van der Waals surface area (Å²) in [7, 11) is 0. The number of nitrogens with two attached hydrogens (primary N) is 1. The van der Waals surface area contributed by atoms with Gasteiger partial charge < -0.3 is 5.73 Å². The predicted octanol–water partition coefficient (Wildman–Crippen LogP) is 3.22. The van der Waals surface area contributed by atoms with Crippen molar-refractivity contribution < 1.29 is 13.6 Å². The highest BCUT2D eigenvalue weighted by atomic mass is 19.2.